The average molecular weight is 580 g/mol. The van der Waals surface area contributed by atoms with Crippen LogP contribution in [0.25, 0.3) is 53.6 Å². The normalized spacial score (nSPS) is 11.2. The van der Waals surface area contributed by atoms with Gasteiger partial charge in [0, 0.05) is 37.2 Å². The van der Waals surface area contributed by atoms with Crippen molar-refractivity contribution >= 4 is 48.6 Å². The molecule has 0 saturated carbocycles. The summed E-state index contributed by atoms with van der Waals surface area (Å²) >= 11 is 1.87. The van der Waals surface area contributed by atoms with Crippen molar-refractivity contribution in [3.8, 4) is 33.4 Å². The van der Waals surface area contributed by atoms with E-state index in [0.29, 0.717) is 0 Å². The quantitative estimate of drug-likeness (QED) is 0.189. The number of anilines is 3. The van der Waals surface area contributed by atoms with Gasteiger partial charge < -0.3 is 4.90 Å². The fraction of sp³-hybridized carbons (Fsp3) is 0. The second kappa shape index (κ2) is 11.3. The molecule has 8 rings (SSSR count). The molecule has 0 N–H and O–H groups in total. The molecule has 44 heavy (non-hydrogen) atoms. The Morgan fingerprint density at radius 2 is 0.818 bits per heavy atom. The SMILES string of the molecule is c1ccc(-c2ccc(N(c3ccc(-c4ccccc4)cc3)c3ccc4c(c3)sc3cccc(-c5ccccc5)c34)cc2)cc1. The van der Waals surface area contributed by atoms with E-state index in [4.69, 9.17) is 0 Å². The fourth-order valence-electron chi connectivity index (χ4n) is 6.13. The second-order valence-corrected chi connectivity index (χ2v) is 12.1. The zero-order valence-electron chi connectivity index (χ0n) is 24.1. The van der Waals surface area contributed by atoms with Crippen LogP contribution in [-0.4, -0.2) is 0 Å². The molecule has 0 radical (unpaired) electrons. The van der Waals surface area contributed by atoms with Crippen molar-refractivity contribution in [3.05, 3.63) is 176 Å². The van der Waals surface area contributed by atoms with E-state index in [2.05, 4.69) is 181 Å². The molecule has 0 aliphatic rings. The van der Waals surface area contributed by atoms with Gasteiger partial charge in [0.05, 0.1) is 0 Å². The summed E-state index contributed by atoms with van der Waals surface area (Å²) in [4.78, 5) is 2.37. The van der Waals surface area contributed by atoms with Gasteiger partial charge in [0.2, 0.25) is 0 Å². The maximum atomic E-state index is 2.37. The smallest absolute Gasteiger partial charge is 0.0476 e. The Morgan fingerprint density at radius 1 is 0.341 bits per heavy atom. The van der Waals surface area contributed by atoms with Gasteiger partial charge in [-0.15, -0.1) is 11.3 Å². The summed E-state index contributed by atoms with van der Waals surface area (Å²) in [5, 5.41) is 2.63. The number of benzene rings is 7. The zero-order chi connectivity index (χ0) is 29.3. The van der Waals surface area contributed by atoms with Gasteiger partial charge in [0.1, 0.15) is 0 Å². The molecule has 0 spiro atoms. The van der Waals surface area contributed by atoms with Crippen LogP contribution in [0.5, 0.6) is 0 Å². The van der Waals surface area contributed by atoms with Gasteiger partial charge >= 0.3 is 0 Å². The predicted molar refractivity (Wildman–Crippen MR) is 190 cm³/mol. The van der Waals surface area contributed by atoms with Crippen LogP contribution in [0, 0.1) is 0 Å². The van der Waals surface area contributed by atoms with E-state index in [9.17, 15) is 0 Å². The zero-order valence-corrected chi connectivity index (χ0v) is 24.9. The molecule has 1 nitrogen and oxygen atoms in total. The number of rotatable bonds is 6. The van der Waals surface area contributed by atoms with Gasteiger partial charge in [-0.05, 0) is 75.8 Å². The Hall–Kier alpha value is -5.44. The van der Waals surface area contributed by atoms with Crippen molar-refractivity contribution in [2.45, 2.75) is 0 Å². The summed E-state index contributed by atoms with van der Waals surface area (Å²) in [7, 11) is 0. The van der Waals surface area contributed by atoms with E-state index in [1.54, 1.807) is 0 Å². The summed E-state index contributed by atoms with van der Waals surface area (Å²) in [5.74, 6) is 0. The van der Waals surface area contributed by atoms with Gasteiger partial charge in [0.25, 0.3) is 0 Å². The van der Waals surface area contributed by atoms with E-state index in [1.807, 2.05) is 11.3 Å². The Bertz CT molecular complexity index is 2100. The maximum absolute atomic E-state index is 2.37. The summed E-state index contributed by atoms with van der Waals surface area (Å²) in [6, 6.07) is 63.2. The Balaban J connectivity index is 1.25. The van der Waals surface area contributed by atoms with Crippen molar-refractivity contribution in [1.29, 1.82) is 0 Å². The molecule has 7 aromatic carbocycles. The van der Waals surface area contributed by atoms with Crippen molar-refractivity contribution in [3.63, 3.8) is 0 Å². The molecule has 0 saturated heterocycles. The minimum Gasteiger partial charge on any atom is -0.310 e. The first kappa shape index (κ1) is 26.2. The number of thiophene rings is 1. The fourth-order valence-corrected chi connectivity index (χ4v) is 7.29. The number of nitrogens with zero attached hydrogens (tertiary/aromatic N) is 1. The highest BCUT2D eigenvalue weighted by molar-refractivity contribution is 7.26. The van der Waals surface area contributed by atoms with Gasteiger partial charge in [-0.2, -0.15) is 0 Å². The molecular formula is C42H29NS. The molecule has 8 aromatic rings. The third-order valence-corrected chi connectivity index (χ3v) is 9.41. The summed E-state index contributed by atoms with van der Waals surface area (Å²) < 4.78 is 2.59. The lowest BCUT2D eigenvalue weighted by Crippen LogP contribution is -2.09. The molecule has 0 fully saturated rings. The second-order valence-electron chi connectivity index (χ2n) is 11.0. The van der Waals surface area contributed by atoms with Crippen LogP contribution >= 0.6 is 11.3 Å². The molecule has 0 bridgehead atoms. The van der Waals surface area contributed by atoms with Crippen LogP contribution in [0.15, 0.2) is 176 Å². The standard InChI is InChI=1S/C42H29NS/c1-4-11-30(12-5-1)32-19-23-35(24-20-32)43(36-25-21-33(22-26-36)31-13-6-2-7-14-31)37-27-28-39-41(29-37)44-40-18-10-17-38(42(39)40)34-15-8-3-9-16-34/h1-29H. The highest BCUT2D eigenvalue weighted by atomic mass is 32.1. The molecule has 208 valence electrons. The van der Waals surface area contributed by atoms with Gasteiger partial charge in [0.15, 0.2) is 0 Å². The van der Waals surface area contributed by atoms with Gasteiger partial charge in [-0.1, -0.05) is 133 Å². The van der Waals surface area contributed by atoms with Crippen LogP contribution in [0.3, 0.4) is 0 Å². The first-order chi connectivity index (χ1) is 21.8. The lowest BCUT2D eigenvalue weighted by atomic mass is 9.99. The summed E-state index contributed by atoms with van der Waals surface area (Å²) in [6.45, 7) is 0. The molecule has 1 heterocycles. The van der Waals surface area contributed by atoms with Crippen molar-refractivity contribution < 1.29 is 0 Å². The minimum absolute atomic E-state index is 1.13. The van der Waals surface area contributed by atoms with Crippen molar-refractivity contribution in [2.24, 2.45) is 0 Å². The first-order valence-corrected chi connectivity index (χ1v) is 15.8. The van der Waals surface area contributed by atoms with Gasteiger partial charge in [-0.3, -0.25) is 0 Å². The predicted octanol–water partition coefficient (Wildman–Crippen LogP) is 12.5. The molecule has 2 heteroatoms. The molecule has 1 aromatic heterocycles. The first-order valence-electron chi connectivity index (χ1n) is 14.9. The van der Waals surface area contributed by atoms with Crippen LogP contribution in [0.1, 0.15) is 0 Å². The molecule has 0 atom stereocenters. The lowest BCUT2D eigenvalue weighted by Gasteiger charge is -2.26. The highest BCUT2D eigenvalue weighted by Crippen LogP contribution is 2.44. The third-order valence-electron chi connectivity index (χ3n) is 8.29. The number of fused-ring (bicyclic) bond motifs is 3. The van der Waals surface area contributed by atoms with E-state index in [0.717, 1.165) is 17.1 Å². The maximum Gasteiger partial charge on any atom is 0.0476 e. The van der Waals surface area contributed by atoms with E-state index in [-0.39, 0.29) is 0 Å². The van der Waals surface area contributed by atoms with E-state index in [1.165, 1.54) is 53.6 Å². The van der Waals surface area contributed by atoms with Crippen LogP contribution in [-0.2, 0) is 0 Å². The van der Waals surface area contributed by atoms with Crippen LogP contribution in [0.2, 0.25) is 0 Å². The minimum atomic E-state index is 1.13. The van der Waals surface area contributed by atoms with Crippen molar-refractivity contribution in [2.75, 3.05) is 4.90 Å². The molecule has 0 unspecified atom stereocenters. The monoisotopic (exact) mass is 579 g/mol. The Labute approximate surface area is 261 Å². The average Bonchev–Trinajstić information content (AvgIpc) is 3.48. The number of hydrogen-bond acceptors (Lipinski definition) is 2. The van der Waals surface area contributed by atoms with Crippen LogP contribution in [0.4, 0.5) is 17.1 Å². The Morgan fingerprint density at radius 3 is 1.36 bits per heavy atom. The molecular weight excluding hydrogens is 551 g/mol. The Kier molecular flexibility index (Phi) is 6.75. The highest BCUT2D eigenvalue weighted by Gasteiger charge is 2.17. The summed E-state index contributed by atoms with van der Waals surface area (Å²) in [5.41, 5.74) is 10.8. The molecule has 0 aliphatic heterocycles. The molecule has 0 aliphatic carbocycles. The van der Waals surface area contributed by atoms with Crippen molar-refractivity contribution in [1.82, 2.24) is 0 Å². The molecule has 0 amide bonds. The van der Waals surface area contributed by atoms with E-state index < -0.39 is 0 Å². The topological polar surface area (TPSA) is 3.24 Å². The number of hydrogen-bond donors (Lipinski definition) is 0. The summed E-state index contributed by atoms with van der Waals surface area (Å²) in [6.07, 6.45) is 0. The van der Waals surface area contributed by atoms with Crippen LogP contribution < -0.4 is 4.90 Å². The lowest BCUT2D eigenvalue weighted by molar-refractivity contribution is 1.29. The third kappa shape index (κ3) is 4.86. The van der Waals surface area contributed by atoms with E-state index >= 15 is 0 Å². The van der Waals surface area contributed by atoms with Gasteiger partial charge in [-0.25, -0.2) is 0 Å². The largest absolute Gasteiger partial charge is 0.310 e.